The van der Waals surface area contributed by atoms with Crippen molar-refractivity contribution in [3.63, 3.8) is 0 Å². The van der Waals surface area contributed by atoms with Crippen LogP contribution in [-0.4, -0.2) is 25.8 Å². The first kappa shape index (κ1) is 18.5. The maximum Gasteiger partial charge on any atom is 0.277 e. The first-order chi connectivity index (χ1) is 12.0. The number of rotatable bonds is 7. The van der Waals surface area contributed by atoms with Gasteiger partial charge >= 0.3 is 0 Å². The maximum absolute atomic E-state index is 11.9. The number of nitrogens with one attached hydrogen (secondary N) is 1. The Morgan fingerprint density at radius 1 is 1.24 bits per heavy atom. The molecular weight excluding hydrogens is 316 g/mol. The molecular formula is C20H24N2O3. The third-order valence-electron chi connectivity index (χ3n) is 3.73. The van der Waals surface area contributed by atoms with Gasteiger partial charge in [-0.15, -0.1) is 0 Å². The predicted octanol–water partition coefficient (Wildman–Crippen LogP) is 3.66. The van der Waals surface area contributed by atoms with Gasteiger partial charge in [-0.1, -0.05) is 38.1 Å². The molecule has 5 heteroatoms. The van der Waals surface area contributed by atoms with Crippen LogP contribution >= 0.6 is 0 Å². The first-order valence-electron chi connectivity index (χ1n) is 8.19. The summed E-state index contributed by atoms with van der Waals surface area (Å²) in [5.74, 6) is 1.55. The second-order valence-corrected chi connectivity index (χ2v) is 6.04. The summed E-state index contributed by atoms with van der Waals surface area (Å²) in [6, 6.07) is 13.5. The lowest BCUT2D eigenvalue weighted by molar-refractivity contribution is -0.123. The Bertz CT molecular complexity index is 754. The fourth-order valence-electron chi connectivity index (χ4n) is 2.21. The number of hydrogen-bond donors (Lipinski definition) is 1. The number of nitrogens with zero attached hydrogens (tertiary/aromatic N) is 1. The lowest BCUT2D eigenvalue weighted by atomic mass is 10.0. The third kappa shape index (κ3) is 5.64. The molecule has 0 atom stereocenters. The number of benzene rings is 2. The van der Waals surface area contributed by atoms with Crippen LogP contribution in [0.5, 0.6) is 11.5 Å². The van der Waals surface area contributed by atoms with Crippen LogP contribution < -0.4 is 14.9 Å². The SMILES string of the molecule is COc1cccc(/C=N\NC(=O)COc2cc(C(C)C)ccc2C)c1. The fourth-order valence-corrected chi connectivity index (χ4v) is 2.21. The van der Waals surface area contributed by atoms with E-state index < -0.39 is 0 Å². The van der Waals surface area contributed by atoms with Crippen molar-refractivity contribution in [2.24, 2.45) is 5.10 Å². The summed E-state index contributed by atoms with van der Waals surface area (Å²) >= 11 is 0. The van der Waals surface area contributed by atoms with E-state index in [2.05, 4.69) is 30.4 Å². The quantitative estimate of drug-likeness (QED) is 0.618. The topological polar surface area (TPSA) is 59.9 Å². The number of aryl methyl sites for hydroxylation is 1. The Hall–Kier alpha value is -2.82. The van der Waals surface area contributed by atoms with Gasteiger partial charge in [-0.05, 0) is 47.7 Å². The summed E-state index contributed by atoms with van der Waals surface area (Å²) in [5, 5.41) is 3.94. The molecule has 0 radical (unpaired) electrons. The van der Waals surface area contributed by atoms with Gasteiger partial charge in [-0.2, -0.15) is 5.10 Å². The molecule has 25 heavy (non-hydrogen) atoms. The van der Waals surface area contributed by atoms with Crippen LogP contribution in [0.25, 0.3) is 0 Å². The van der Waals surface area contributed by atoms with Gasteiger partial charge in [-0.3, -0.25) is 4.79 Å². The Morgan fingerprint density at radius 3 is 2.76 bits per heavy atom. The molecule has 0 aliphatic heterocycles. The van der Waals surface area contributed by atoms with Gasteiger partial charge in [-0.25, -0.2) is 5.43 Å². The minimum absolute atomic E-state index is 0.0855. The highest BCUT2D eigenvalue weighted by molar-refractivity contribution is 5.83. The predicted molar refractivity (Wildman–Crippen MR) is 99.5 cm³/mol. The van der Waals surface area contributed by atoms with Gasteiger partial charge in [0.2, 0.25) is 0 Å². The second kappa shape index (κ2) is 8.87. The van der Waals surface area contributed by atoms with Crippen molar-refractivity contribution in [2.75, 3.05) is 13.7 Å². The number of amides is 1. The second-order valence-electron chi connectivity index (χ2n) is 6.04. The van der Waals surface area contributed by atoms with Crippen molar-refractivity contribution in [3.8, 4) is 11.5 Å². The van der Waals surface area contributed by atoms with Crippen molar-refractivity contribution >= 4 is 12.1 Å². The van der Waals surface area contributed by atoms with Crippen LogP contribution in [0, 0.1) is 6.92 Å². The summed E-state index contributed by atoms with van der Waals surface area (Å²) in [6.45, 7) is 6.11. The first-order valence-corrected chi connectivity index (χ1v) is 8.19. The molecule has 1 amide bonds. The van der Waals surface area contributed by atoms with Crippen LogP contribution in [0.15, 0.2) is 47.6 Å². The Balaban J connectivity index is 1.88. The lowest BCUT2D eigenvalue weighted by Gasteiger charge is -2.12. The van der Waals surface area contributed by atoms with Crippen molar-refractivity contribution in [3.05, 3.63) is 59.2 Å². The van der Waals surface area contributed by atoms with Crippen molar-refractivity contribution in [2.45, 2.75) is 26.7 Å². The minimum atomic E-state index is -0.312. The van der Waals surface area contributed by atoms with E-state index in [-0.39, 0.29) is 12.5 Å². The van der Waals surface area contributed by atoms with E-state index in [0.717, 1.165) is 22.6 Å². The summed E-state index contributed by atoms with van der Waals surface area (Å²) in [7, 11) is 1.60. The molecule has 1 N–H and O–H groups in total. The summed E-state index contributed by atoms with van der Waals surface area (Å²) in [4.78, 5) is 11.9. The lowest BCUT2D eigenvalue weighted by Crippen LogP contribution is -2.24. The zero-order chi connectivity index (χ0) is 18.2. The highest BCUT2D eigenvalue weighted by atomic mass is 16.5. The zero-order valence-corrected chi connectivity index (χ0v) is 15.1. The van der Waals surface area contributed by atoms with Crippen LogP contribution in [-0.2, 0) is 4.79 Å². The third-order valence-corrected chi connectivity index (χ3v) is 3.73. The zero-order valence-electron chi connectivity index (χ0n) is 15.1. The molecule has 0 aliphatic carbocycles. The van der Waals surface area contributed by atoms with E-state index in [1.165, 1.54) is 5.56 Å². The molecule has 0 aliphatic rings. The van der Waals surface area contributed by atoms with E-state index in [0.29, 0.717) is 5.92 Å². The van der Waals surface area contributed by atoms with Gasteiger partial charge in [0.25, 0.3) is 5.91 Å². The molecule has 0 bridgehead atoms. The van der Waals surface area contributed by atoms with E-state index in [1.54, 1.807) is 13.3 Å². The smallest absolute Gasteiger partial charge is 0.277 e. The van der Waals surface area contributed by atoms with Gasteiger partial charge in [0.1, 0.15) is 11.5 Å². The number of hydrogen-bond acceptors (Lipinski definition) is 4. The highest BCUT2D eigenvalue weighted by Gasteiger charge is 2.07. The average molecular weight is 340 g/mol. The molecule has 0 unspecified atom stereocenters. The van der Waals surface area contributed by atoms with Crippen LogP contribution in [0.1, 0.15) is 36.5 Å². The number of carbonyl (C=O) groups excluding carboxylic acids is 1. The Kier molecular flexibility index (Phi) is 6.57. The number of carbonyl (C=O) groups is 1. The molecule has 0 heterocycles. The monoisotopic (exact) mass is 340 g/mol. The molecule has 0 saturated carbocycles. The van der Waals surface area contributed by atoms with Crippen LogP contribution in [0.4, 0.5) is 0 Å². The van der Waals surface area contributed by atoms with Crippen molar-refractivity contribution in [1.29, 1.82) is 0 Å². The van der Waals surface area contributed by atoms with Gasteiger partial charge < -0.3 is 9.47 Å². The molecule has 2 aromatic carbocycles. The van der Waals surface area contributed by atoms with Crippen LogP contribution in [0.3, 0.4) is 0 Å². The number of methoxy groups -OCH3 is 1. The number of hydrazone groups is 1. The minimum Gasteiger partial charge on any atom is -0.497 e. The number of ether oxygens (including phenoxy) is 2. The van der Waals surface area contributed by atoms with E-state index in [4.69, 9.17) is 9.47 Å². The molecule has 0 fully saturated rings. The summed E-state index contributed by atoms with van der Waals surface area (Å²) < 4.78 is 10.8. The van der Waals surface area contributed by atoms with Gasteiger partial charge in [0, 0.05) is 0 Å². The van der Waals surface area contributed by atoms with Gasteiger partial charge in [0.15, 0.2) is 6.61 Å². The standard InChI is InChI=1S/C20H24N2O3/c1-14(2)17-9-8-15(3)19(11-17)25-13-20(23)22-21-12-16-6-5-7-18(10-16)24-4/h5-12,14H,13H2,1-4H3,(H,22,23)/b21-12-. The molecule has 2 aromatic rings. The van der Waals surface area contributed by atoms with Crippen molar-refractivity contribution < 1.29 is 14.3 Å². The van der Waals surface area contributed by atoms with Crippen LogP contribution in [0.2, 0.25) is 0 Å². The molecule has 0 spiro atoms. The molecule has 132 valence electrons. The summed E-state index contributed by atoms with van der Waals surface area (Å²) in [5.41, 5.74) is 5.47. The fraction of sp³-hybridized carbons (Fsp3) is 0.300. The Labute approximate surface area is 148 Å². The molecule has 0 aromatic heterocycles. The normalized spacial score (nSPS) is 10.9. The summed E-state index contributed by atoms with van der Waals surface area (Å²) in [6.07, 6.45) is 1.56. The van der Waals surface area contributed by atoms with E-state index >= 15 is 0 Å². The molecule has 5 nitrogen and oxygen atoms in total. The average Bonchev–Trinajstić information content (AvgIpc) is 2.61. The Morgan fingerprint density at radius 2 is 2.04 bits per heavy atom. The molecule has 0 saturated heterocycles. The maximum atomic E-state index is 11.9. The van der Waals surface area contributed by atoms with Gasteiger partial charge in [0.05, 0.1) is 13.3 Å². The van der Waals surface area contributed by atoms with E-state index in [1.807, 2.05) is 43.3 Å². The van der Waals surface area contributed by atoms with Crippen molar-refractivity contribution in [1.82, 2.24) is 5.43 Å². The van der Waals surface area contributed by atoms with E-state index in [9.17, 15) is 4.79 Å². The highest BCUT2D eigenvalue weighted by Crippen LogP contribution is 2.24. The largest absolute Gasteiger partial charge is 0.497 e. The molecule has 2 rings (SSSR count).